The fraction of sp³-hybridized carbons (Fsp3) is 0.524. The van der Waals surface area contributed by atoms with Crippen LogP contribution < -0.4 is 20.1 Å². The van der Waals surface area contributed by atoms with E-state index in [0.717, 1.165) is 18.4 Å². The Kier molecular flexibility index (Phi) is 8.11. The van der Waals surface area contributed by atoms with Crippen LogP contribution in [-0.4, -0.2) is 31.4 Å². The van der Waals surface area contributed by atoms with Crippen molar-refractivity contribution in [2.75, 3.05) is 20.3 Å². The van der Waals surface area contributed by atoms with Gasteiger partial charge in [-0.3, -0.25) is 0 Å². The summed E-state index contributed by atoms with van der Waals surface area (Å²) in [6.45, 7) is 8.94. The van der Waals surface area contributed by atoms with Crippen LogP contribution in [0.3, 0.4) is 0 Å². The molecule has 0 radical (unpaired) electrons. The molecule has 7 heteroatoms. The summed E-state index contributed by atoms with van der Waals surface area (Å²) < 4.78 is 16.8. The van der Waals surface area contributed by atoms with Crippen molar-refractivity contribution in [1.29, 1.82) is 0 Å². The number of carbonyl (C=O) groups is 1. The Bertz CT molecular complexity index is 746. The first-order valence-electron chi connectivity index (χ1n) is 9.63. The third kappa shape index (κ3) is 5.61. The smallest absolute Gasteiger partial charge is 0.338 e. The third-order valence-electron chi connectivity index (χ3n) is 4.31. The number of rotatable bonds is 9. The number of carbonyl (C=O) groups excluding carboxylic acids is 1. The van der Waals surface area contributed by atoms with Crippen LogP contribution in [-0.2, 0) is 9.53 Å². The molecular formula is C21H30N2O4S. The second-order valence-corrected chi connectivity index (χ2v) is 7.58. The van der Waals surface area contributed by atoms with E-state index in [0.29, 0.717) is 41.1 Å². The maximum atomic E-state index is 12.7. The van der Waals surface area contributed by atoms with Crippen LogP contribution in [0.2, 0.25) is 0 Å². The van der Waals surface area contributed by atoms with E-state index in [2.05, 4.69) is 17.6 Å². The average Bonchev–Trinajstić information content (AvgIpc) is 2.65. The summed E-state index contributed by atoms with van der Waals surface area (Å²) in [5.41, 5.74) is 2.04. The van der Waals surface area contributed by atoms with Crippen LogP contribution in [0, 0.1) is 5.92 Å². The number of nitrogens with one attached hydrogen (secondary N) is 2. The molecule has 0 saturated heterocycles. The normalized spacial score (nSPS) is 16.5. The van der Waals surface area contributed by atoms with E-state index in [9.17, 15) is 4.79 Å². The molecule has 0 fully saturated rings. The van der Waals surface area contributed by atoms with E-state index >= 15 is 0 Å². The highest BCUT2D eigenvalue weighted by molar-refractivity contribution is 7.80. The second kappa shape index (κ2) is 10.3. The maximum absolute atomic E-state index is 12.7. The van der Waals surface area contributed by atoms with E-state index in [1.165, 1.54) is 0 Å². The van der Waals surface area contributed by atoms with Crippen LogP contribution in [0.25, 0.3) is 0 Å². The Morgan fingerprint density at radius 3 is 2.68 bits per heavy atom. The zero-order valence-corrected chi connectivity index (χ0v) is 18.1. The van der Waals surface area contributed by atoms with Gasteiger partial charge in [0.15, 0.2) is 16.6 Å². The SMILES string of the molecule is CCCCOc1ccc([C@H]2NC(=S)NC(C)=C2C(=O)OCC(C)C)cc1OC. The Morgan fingerprint density at radius 1 is 1.29 bits per heavy atom. The van der Waals surface area contributed by atoms with Gasteiger partial charge in [-0.1, -0.05) is 33.3 Å². The molecule has 1 aromatic rings. The number of benzene rings is 1. The highest BCUT2D eigenvalue weighted by atomic mass is 32.1. The molecule has 0 unspecified atom stereocenters. The quantitative estimate of drug-likeness (QED) is 0.367. The molecule has 0 aromatic heterocycles. The van der Waals surface area contributed by atoms with E-state index in [-0.39, 0.29) is 11.9 Å². The summed E-state index contributed by atoms with van der Waals surface area (Å²) in [5.74, 6) is 1.20. The second-order valence-electron chi connectivity index (χ2n) is 7.17. The minimum atomic E-state index is -0.424. The molecule has 1 aliphatic rings. The van der Waals surface area contributed by atoms with E-state index in [1.807, 2.05) is 39.0 Å². The Hall–Kier alpha value is -2.28. The molecule has 0 aliphatic carbocycles. The highest BCUT2D eigenvalue weighted by Gasteiger charge is 2.31. The number of hydrogen-bond acceptors (Lipinski definition) is 5. The monoisotopic (exact) mass is 406 g/mol. The highest BCUT2D eigenvalue weighted by Crippen LogP contribution is 2.34. The minimum absolute atomic E-state index is 0.258. The zero-order valence-electron chi connectivity index (χ0n) is 17.3. The molecule has 1 atom stereocenters. The number of thiocarbonyl (C=S) groups is 1. The third-order valence-corrected chi connectivity index (χ3v) is 4.53. The molecule has 0 spiro atoms. The summed E-state index contributed by atoms with van der Waals surface area (Å²) in [7, 11) is 1.60. The van der Waals surface area contributed by atoms with Gasteiger partial charge in [0.1, 0.15) is 0 Å². The van der Waals surface area contributed by atoms with Crippen molar-refractivity contribution < 1.29 is 19.0 Å². The van der Waals surface area contributed by atoms with Crippen molar-refractivity contribution in [1.82, 2.24) is 10.6 Å². The molecule has 6 nitrogen and oxygen atoms in total. The minimum Gasteiger partial charge on any atom is -0.493 e. The van der Waals surface area contributed by atoms with Gasteiger partial charge in [-0.05, 0) is 49.2 Å². The van der Waals surface area contributed by atoms with Crippen LogP contribution in [0.4, 0.5) is 0 Å². The summed E-state index contributed by atoms with van der Waals surface area (Å²) >= 11 is 5.30. The lowest BCUT2D eigenvalue weighted by Gasteiger charge is -2.30. The molecule has 1 aliphatic heterocycles. The Balaban J connectivity index is 2.32. The average molecular weight is 407 g/mol. The van der Waals surface area contributed by atoms with Gasteiger partial charge >= 0.3 is 5.97 Å². The summed E-state index contributed by atoms with van der Waals surface area (Å²) in [4.78, 5) is 12.7. The number of unbranched alkanes of at least 4 members (excludes halogenated alkanes) is 1. The van der Waals surface area contributed by atoms with Crippen LogP contribution in [0.5, 0.6) is 11.5 Å². The fourth-order valence-corrected chi connectivity index (χ4v) is 3.11. The molecule has 0 amide bonds. The van der Waals surface area contributed by atoms with Gasteiger partial charge in [-0.2, -0.15) is 0 Å². The number of allylic oxidation sites excluding steroid dienone is 1. The molecule has 154 valence electrons. The number of ether oxygens (including phenoxy) is 3. The van der Waals surface area contributed by atoms with Crippen molar-refractivity contribution in [3.8, 4) is 11.5 Å². The molecule has 0 bridgehead atoms. The maximum Gasteiger partial charge on any atom is 0.338 e. The van der Waals surface area contributed by atoms with Gasteiger partial charge in [-0.15, -0.1) is 0 Å². The molecule has 28 heavy (non-hydrogen) atoms. The predicted octanol–water partition coefficient (Wildman–Crippen LogP) is 3.87. The van der Waals surface area contributed by atoms with Gasteiger partial charge in [0.25, 0.3) is 0 Å². The van der Waals surface area contributed by atoms with E-state index in [1.54, 1.807) is 7.11 Å². The molecular weight excluding hydrogens is 376 g/mol. The summed E-state index contributed by atoms with van der Waals surface area (Å²) in [5, 5.41) is 6.65. The van der Waals surface area contributed by atoms with Gasteiger partial charge in [-0.25, -0.2) is 4.79 Å². The molecule has 1 aromatic carbocycles. The van der Waals surface area contributed by atoms with Crippen molar-refractivity contribution in [3.05, 3.63) is 35.0 Å². The predicted molar refractivity (Wildman–Crippen MR) is 114 cm³/mol. The van der Waals surface area contributed by atoms with Gasteiger partial charge < -0.3 is 24.8 Å². The number of hydrogen-bond donors (Lipinski definition) is 2. The fourth-order valence-electron chi connectivity index (χ4n) is 2.84. The summed E-state index contributed by atoms with van der Waals surface area (Å²) in [6.07, 6.45) is 2.03. The van der Waals surface area contributed by atoms with Crippen molar-refractivity contribution in [2.45, 2.75) is 46.6 Å². The zero-order chi connectivity index (χ0) is 20.7. The standard InChI is InChI=1S/C21H30N2O4S/c1-6-7-10-26-16-9-8-15(11-17(16)25-5)19-18(14(4)22-21(28)23-19)20(24)27-12-13(2)3/h8-9,11,13,19H,6-7,10,12H2,1-5H3,(H2,22,23,28)/t19-/m1/s1. The van der Waals surface area contributed by atoms with Crippen molar-refractivity contribution in [3.63, 3.8) is 0 Å². The first kappa shape index (κ1) is 22.0. The molecule has 2 rings (SSSR count). The lowest BCUT2D eigenvalue weighted by Crippen LogP contribution is -2.45. The molecule has 1 heterocycles. The van der Waals surface area contributed by atoms with Gasteiger partial charge in [0.05, 0.1) is 31.9 Å². The molecule has 2 N–H and O–H groups in total. The Labute approximate surface area is 172 Å². The first-order valence-corrected chi connectivity index (χ1v) is 10.0. The Morgan fingerprint density at radius 2 is 2.04 bits per heavy atom. The molecule has 0 saturated carbocycles. The number of methoxy groups -OCH3 is 1. The van der Waals surface area contributed by atoms with Gasteiger partial charge in [0, 0.05) is 5.70 Å². The lowest BCUT2D eigenvalue weighted by molar-refractivity contribution is -0.140. The van der Waals surface area contributed by atoms with Crippen LogP contribution >= 0.6 is 12.2 Å². The van der Waals surface area contributed by atoms with Crippen LogP contribution in [0.1, 0.15) is 52.1 Å². The summed E-state index contributed by atoms with van der Waals surface area (Å²) in [6, 6.07) is 5.23. The van der Waals surface area contributed by atoms with E-state index in [4.69, 9.17) is 26.4 Å². The van der Waals surface area contributed by atoms with Crippen molar-refractivity contribution >= 4 is 23.3 Å². The van der Waals surface area contributed by atoms with E-state index < -0.39 is 6.04 Å². The van der Waals surface area contributed by atoms with Crippen molar-refractivity contribution in [2.24, 2.45) is 5.92 Å². The number of esters is 1. The lowest BCUT2D eigenvalue weighted by atomic mass is 9.95. The van der Waals surface area contributed by atoms with Crippen LogP contribution in [0.15, 0.2) is 29.5 Å². The topological polar surface area (TPSA) is 68.8 Å². The van der Waals surface area contributed by atoms with Gasteiger partial charge in [0.2, 0.25) is 0 Å². The largest absolute Gasteiger partial charge is 0.493 e. The first-order chi connectivity index (χ1) is 13.4.